The number of aliphatic hydroxyl groups is 1. The van der Waals surface area contributed by atoms with E-state index in [1.807, 2.05) is 16.5 Å². The van der Waals surface area contributed by atoms with Crippen LogP contribution >= 0.6 is 11.3 Å². The van der Waals surface area contributed by atoms with E-state index in [4.69, 9.17) is 0 Å². The Morgan fingerprint density at radius 2 is 2.26 bits per heavy atom. The number of aromatic nitrogens is 1. The van der Waals surface area contributed by atoms with Gasteiger partial charge in [-0.15, -0.1) is 11.3 Å². The average molecular weight is 386 g/mol. The van der Waals surface area contributed by atoms with Crippen molar-refractivity contribution in [3.8, 4) is 0 Å². The molecule has 0 bridgehead atoms. The second-order valence-electron chi connectivity index (χ2n) is 7.61. The van der Waals surface area contributed by atoms with Gasteiger partial charge >= 0.3 is 0 Å². The Bertz CT molecular complexity index is 802. The molecule has 2 aromatic rings. The highest BCUT2D eigenvalue weighted by Crippen LogP contribution is 2.31. The summed E-state index contributed by atoms with van der Waals surface area (Å²) in [4.78, 5) is 23.1. The number of fused-ring (bicyclic) bond motifs is 1. The zero-order chi connectivity index (χ0) is 18.8. The van der Waals surface area contributed by atoms with Crippen LogP contribution in [-0.2, 0) is 25.9 Å². The lowest BCUT2D eigenvalue weighted by atomic mass is 10.0. The third-order valence-corrected chi connectivity index (χ3v) is 6.78. The molecule has 6 heteroatoms. The summed E-state index contributed by atoms with van der Waals surface area (Å²) in [5.41, 5.74) is 4.50. The summed E-state index contributed by atoms with van der Waals surface area (Å²) in [6.45, 7) is 6.48. The van der Waals surface area contributed by atoms with Gasteiger partial charge in [0.2, 0.25) is 0 Å². The first kappa shape index (κ1) is 18.6. The summed E-state index contributed by atoms with van der Waals surface area (Å²) in [6.07, 6.45) is 4.82. The van der Waals surface area contributed by atoms with Gasteiger partial charge in [0.25, 0.3) is 5.91 Å². The fourth-order valence-corrected chi connectivity index (χ4v) is 5.13. The molecule has 2 aliphatic heterocycles. The summed E-state index contributed by atoms with van der Waals surface area (Å²) in [6, 6.07) is 4.29. The number of aliphatic hydroxyl groups excluding tert-OH is 1. The molecule has 0 saturated carbocycles. The van der Waals surface area contributed by atoms with Crippen LogP contribution in [-0.4, -0.2) is 52.0 Å². The van der Waals surface area contributed by atoms with Gasteiger partial charge < -0.3 is 10.0 Å². The van der Waals surface area contributed by atoms with Crippen LogP contribution in [0.2, 0.25) is 0 Å². The maximum Gasteiger partial charge on any atom is 0.254 e. The Morgan fingerprint density at radius 3 is 2.96 bits per heavy atom. The van der Waals surface area contributed by atoms with E-state index >= 15 is 0 Å². The van der Waals surface area contributed by atoms with E-state index in [9.17, 15) is 9.90 Å². The van der Waals surface area contributed by atoms with E-state index in [0.717, 1.165) is 56.7 Å². The first-order chi connectivity index (χ1) is 13.2. The maximum absolute atomic E-state index is 12.9. The van der Waals surface area contributed by atoms with E-state index in [2.05, 4.69) is 28.9 Å². The predicted molar refractivity (Wildman–Crippen MR) is 107 cm³/mol. The fraction of sp³-hybridized carbons (Fsp3) is 0.524. The van der Waals surface area contributed by atoms with Crippen molar-refractivity contribution < 1.29 is 9.90 Å². The van der Waals surface area contributed by atoms with Crippen LogP contribution in [0.25, 0.3) is 0 Å². The SMILES string of the molecule is CCc1ccc(CN2CCc3c(C(=O)N4CC[C@H](CO)C4)csc3C2)nc1. The fourth-order valence-electron chi connectivity index (χ4n) is 4.02. The minimum Gasteiger partial charge on any atom is -0.396 e. The quantitative estimate of drug-likeness (QED) is 0.860. The minimum atomic E-state index is 0.147. The highest BCUT2D eigenvalue weighted by atomic mass is 32.1. The van der Waals surface area contributed by atoms with Gasteiger partial charge in [-0.2, -0.15) is 0 Å². The summed E-state index contributed by atoms with van der Waals surface area (Å²) in [7, 11) is 0. The van der Waals surface area contributed by atoms with Crippen molar-refractivity contribution in [3.05, 3.63) is 51.0 Å². The Kier molecular flexibility index (Phi) is 5.57. The lowest BCUT2D eigenvalue weighted by Crippen LogP contribution is -2.32. The minimum absolute atomic E-state index is 0.147. The van der Waals surface area contributed by atoms with E-state index in [1.165, 1.54) is 16.0 Å². The van der Waals surface area contributed by atoms with E-state index in [1.54, 1.807) is 11.3 Å². The second-order valence-corrected chi connectivity index (χ2v) is 8.58. The Hall–Kier alpha value is -1.76. The number of aryl methyl sites for hydroxylation is 1. The molecule has 2 aromatic heterocycles. The molecule has 0 radical (unpaired) electrons. The molecular weight excluding hydrogens is 358 g/mol. The van der Waals surface area contributed by atoms with Crippen molar-refractivity contribution in [1.82, 2.24) is 14.8 Å². The van der Waals surface area contributed by atoms with E-state index in [-0.39, 0.29) is 18.4 Å². The van der Waals surface area contributed by atoms with Crippen LogP contribution in [0.1, 0.15) is 45.4 Å². The summed E-state index contributed by atoms with van der Waals surface area (Å²) in [5, 5.41) is 11.4. The van der Waals surface area contributed by atoms with Gasteiger partial charge in [0.05, 0.1) is 11.3 Å². The number of carbonyl (C=O) groups excluding carboxylic acids is 1. The van der Waals surface area contributed by atoms with Crippen molar-refractivity contribution in [3.63, 3.8) is 0 Å². The van der Waals surface area contributed by atoms with Crippen LogP contribution in [0.4, 0.5) is 0 Å². The van der Waals surface area contributed by atoms with Gasteiger partial charge in [-0.25, -0.2) is 0 Å². The largest absolute Gasteiger partial charge is 0.396 e. The van der Waals surface area contributed by atoms with Gasteiger partial charge in [0, 0.05) is 61.7 Å². The van der Waals surface area contributed by atoms with Crippen molar-refractivity contribution in [2.24, 2.45) is 5.92 Å². The number of carbonyl (C=O) groups is 1. The second kappa shape index (κ2) is 8.09. The normalized spacial score (nSPS) is 20.1. The molecule has 144 valence electrons. The first-order valence-electron chi connectivity index (χ1n) is 9.83. The average Bonchev–Trinajstić information content (AvgIpc) is 3.35. The number of rotatable bonds is 5. The monoisotopic (exact) mass is 385 g/mol. The van der Waals surface area contributed by atoms with Gasteiger partial charge in [-0.05, 0) is 36.5 Å². The summed E-state index contributed by atoms with van der Waals surface area (Å²) < 4.78 is 0. The van der Waals surface area contributed by atoms with Gasteiger partial charge in [-0.3, -0.25) is 14.7 Å². The molecule has 27 heavy (non-hydrogen) atoms. The molecule has 2 aliphatic rings. The van der Waals surface area contributed by atoms with Crippen molar-refractivity contribution in [1.29, 1.82) is 0 Å². The molecule has 5 nitrogen and oxygen atoms in total. The molecule has 0 aromatic carbocycles. The van der Waals surface area contributed by atoms with Crippen molar-refractivity contribution in [2.45, 2.75) is 39.3 Å². The van der Waals surface area contributed by atoms with Gasteiger partial charge in [0.1, 0.15) is 0 Å². The van der Waals surface area contributed by atoms with E-state index in [0.29, 0.717) is 6.54 Å². The number of thiophene rings is 1. The summed E-state index contributed by atoms with van der Waals surface area (Å²) in [5.74, 6) is 0.388. The molecule has 1 saturated heterocycles. The lowest BCUT2D eigenvalue weighted by Gasteiger charge is -2.27. The molecule has 4 heterocycles. The predicted octanol–water partition coefficient (Wildman–Crippen LogP) is 2.72. The first-order valence-corrected chi connectivity index (χ1v) is 10.7. The van der Waals surface area contributed by atoms with Gasteiger partial charge in [-0.1, -0.05) is 13.0 Å². The molecule has 1 fully saturated rings. The molecule has 4 rings (SSSR count). The number of hydrogen-bond acceptors (Lipinski definition) is 5. The smallest absolute Gasteiger partial charge is 0.254 e. The zero-order valence-electron chi connectivity index (χ0n) is 15.9. The Labute approximate surface area is 164 Å². The molecular formula is C21H27N3O2S. The highest BCUT2D eigenvalue weighted by Gasteiger charge is 2.30. The zero-order valence-corrected chi connectivity index (χ0v) is 16.7. The number of likely N-dealkylation sites (tertiary alicyclic amines) is 1. The van der Waals surface area contributed by atoms with Gasteiger partial charge in [0.15, 0.2) is 0 Å². The van der Waals surface area contributed by atoms with Crippen molar-refractivity contribution in [2.75, 3.05) is 26.2 Å². The third-order valence-electron chi connectivity index (χ3n) is 5.77. The molecule has 1 N–H and O–H groups in total. The molecule has 1 amide bonds. The third kappa shape index (κ3) is 3.93. The van der Waals surface area contributed by atoms with Crippen LogP contribution < -0.4 is 0 Å². The maximum atomic E-state index is 12.9. The number of amides is 1. The highest BCUT2D eigenvalue weighted by molar-refractivity contribution is 7.10. The van der Waals surface area contributed by atoms with Crippen LogP contribution in [0.3, 0.4) is 0 Å². The Balaban J connectivity index is 1.41. The molecule has 0 unspecified atom stereocenters. The standard InChI is InChI=1S/C21H27N3O2S/c1-2-15-3-4-17(22-9-15)11-23-7-6-18-19(14-27-20(18)12-23)21(26)24-8-5-16(10-24)13-25/h3-4,9,14,16,25H,2,5-8,10-13H2,1H3/t16-/m0/s1. The molecule has 1 atom stereocenters. The number of pyridine rings is 1. The Morgan fingerprint density at radius 1 is 1.37 bits per heavy atom. The van der Waals surface area contributed by atoms with Crippen molar-refractivity contribution >= 4 is 17.2 Å². The number of hydrogen-bond donors (Lipinski definition) is 1. The topological polar surface area (TPSA) is 56.7 Å². The van der Waals surface area contributed by atoms with E-state index < -0.39 is 0 Å². The molecule has 0 spiro atoms. The lowest BCUT2D eigenvalue weighted by molar-refractivity contribution is 0.0780. The van der Waals surface area contributed by atoms with Crippen LogP contribution in [0.5, 0.6) is 0 Å². The molecule has 0 aliphatic carbocycles. The van der Waals surface area contributed by atoms with Crippen LogP contribution in [0.15, 0.2) is 23.7 Å². The van der Waals surface area contributed by atoms with Crippen LogP contribution in [0, 0.1) is 5.92 Å². The number of nitrogens with zero attached hydrogens (tertiary/aromatic N) is 3. The summed E-state index contributed by atoms with van der Waals surface area (Å²) >= 11 is 1.71.